The number of carbonyl (C=O) groups is 1. The van der Waals surface area contributed by atoms with Gasteiger partial charge in [-0.15, -0.1) is 0 Å². The lowest BCUT2D eigenvalue weighted by Gasteiger charge is -2.28. The van der Waals surface area contributed by atoms with Crippen LogP contribution in [0.4, 0.5) is 16.0 Å². The molecule has 8 nitrogen and oxygen atoms in total. The summed E-state index contributed by atoms with van der Waals surface area (Å²) in [5.74, 6) is 1.25. The van der Waals surface area contributed by atoms with Gasteiger partial charge in [0.25, 0.3) is 5.91 Å². The molecule has 2 heterocycles. The van der Waals surface area contributed by atoms with Gasteiger partial charge in [0.15, 0.2) is 0 Å². The number of aromatic nitrogens is 3. The molecule has 2 N–H and O–H groups in total. The lowest BCUT2D eigenvalue weighted by atomic mass is 9.95. The van der Waals surface area contributed by atoms with Crippen molar-refractivity contribution in [1.82, 2.24) is 14.8 Å². The van der Waals surface area contributed by atoms with Crippen LogP contribution in [0.1, 0.15) is 24.1 Å². The third-order valence-electron chi connectivity index (χ3n) is 5.93. The smallest absolute Gasteiger partial charge is 0.255 e. The molecule has 1 atom stereocenters. The van der Waals surface area contributed by atoms with Gasteiger partial charge in [-0.2, -0.15) is 10.1 Å². The van der Waals surface area contributed by atoms with Gasteiger partial charge in [0, 0.05) is 16.9 Å². The number of nitrogens with zero attached hydrogens (tertiary/aromatic N) is 3. The number of anilines is 2. The maximum Gasteiger partial charge on any atom is 0.255 e. The zero-order valence-corrected chi connectivity index (χ0v) is 19.7. The standard InChI is InChI=1S/C27H24FN5O3/c1-17-24(26(34)32-20-9-13-21(35-2)14-10-20)25(33-27(31-17)29-16-30-33)18-7-11-22(12-8-18)36-15-19-5-3-4-6-23(19)28/h3-14,16,25H,15H2,1-2H3,(H,32,34)(H,29,30,31)/t25-/m1/s1. The van der Waals surface area contributed by atoms with Crippen molar-refractivity contribution in [2.45, 2.75) is 19.6 Å². The van der Waals surface area contributed by atoms with Gasteiger partial charge < -0.3 is 20.1 Å². The zero-order chi connectivity index (χ0) is 25.1. The maximum atomic E-state index is 13.9. The molecule has 0 aliphatic carbocycles. The highest BCUT2D eigenvalue weighted by molar-refractivity contribution is 6.06. The summed E-state index contributed by atoms with van der Waals surface area (Å²) in [7, 11) is 1.59. The van der Waals surface area contributed by atoms with Crippen LogP contribution < -0.4 is 20.1 Å². The van der Waals surface area contributed by atoms with E-state index < -0.39 is 6.04 Å². The number of rotatable bonds is 7. The van der Waals surface area contributed by atoms with Crippen LogP contribution in [-0.2, 0) is 11.4 Å². The minimum Gasteiger partial charge on any atom is -0.497 e. The quantitative estimate of drug-likeness (QED) is 0.386. The number of benzene rings is 3. The molecule has 3 aromatic carbocycles. The molecule has 0 saturated carbocycles. The van der Waals surface area contributed by atoms with Gasteiger partial charge in [0.1, 0.15) is 36.3 Å². The number of allylic oxidation sites excluding steroid dienone is 1. The summed E-state index contributed by atoms with van der Waals surface area (Å²) in [5.41, 5.74) is 3.11. The molecule has 5 rings (SSSR count). The van der Waals surface area contributed by atoms with E-state index in [0.29, 0.717) is 40.0 Å². The first kappa shape index (κ1) is 23.1. The van der Waals surface area contributed by atoms with E-state index in [4.69, 9.17) is 9.47 Å². The number of methoxy groups -OCH3 is 1. The fraction of sp³-hybridized carbons (Fsp3) is 0.148. The van der Waals surface area contributed by atoms with Crippen LogP contribution in [0.2, 0.25) is 0 Å². The van der Waals surface area contributed by atoms with E-state index in [1.165, 1.54) is 12.4 Å². The van der Waals surface area contributed by atoms with E-state index in [9.17, 15) is 9.18 Å². The molecular weight excluding hydrogens is 461 g/mol. The van der Waals surface area contributed by atoms with Crippen molar-refractivity contribution < 1.29 is 18.7 Å². The van der Waals surface area contributed by atoms with Crippen molar-refractivity contribution in [3.05, 3.63) is 107 Å². The first-order valence-electron chi connectivity index (χ1n) is 11.3. The average molecular weight is 486 g/mol. The summed E-state index contributed by atoms with van der Waals surface area (Å²) in [5, 5.41) is 10.5. The lowest BCUT2D eigenvalue weighted by molar-refractivity contribution is -0.113. The van der Waals surface area contributed by atoms with Gasteiger partial charge in [-0.1, -0.05) is 30.3 Å². The summed E-state index contributed by atoms with van der Waals surface area (Å²) >= 11 is 0. The fourth-order valence-corrected chi connectivity index (χ4v) is 4.09. The van der Waals surface area contributed by atoms with E-state index in [0.717, 1.165) is 5.56 Å². The van der Waals surface area contributed by atoms with Crippen molar-refractivity contribution in [3.63, 3.8) is 0 Å². The van der Waals surface area contributed by atoms with Crippen LogP contribution in [0.3, 0.4) is 0 Å². The molecule has 0 fully saturated rings. The molecule has 9 heteroatoms. The molecular formula is C27H24FN5O3. The maximum absolute atomic E-state index is 13.9. The van der Waals surface area contributed by atoms with Crippen molar-refractivity contribution in [3.8, 4) is 11.5 Å². The van der Waals surface area contributed by atoms with E-state index in [1.807, 2.05) is 19.1 Å². The van der Waals surface area contributed by atoms with E-state index in [1.54, 1.807) is 66.4 Å². The first-order chi connectivity index (χ1) is 17.5. The Hall–Kier alpha value is -4.66. The molecule has 4 aromatic rings. The molecule has 0 radical (unpaired) electrons. The van der Waals surface area contributed by atoms with Crippen molar-refractivity contribution in [1.29, 1.82) is 0 Å². The summed E-state index contributed by atoms with van der Waals surface area (Å²) < 4.78 is 26.5. The second kappa shape index (κ2) is 9.91. The molecule has 182 valence electrons. The van der Waals surface area contributed by atoms with Crippen molar-refractivity contribution in [2.75, 3.05) is 17.7 Å². The van der Waals surface area contributed by atoms with Crippen LogP contribution in [-0.4, -0.2) is 27.8 Å². The highest BCUT2D eigenvalue weighted by Crippen LogP contribution is 2.36. The number of hydrogen-bond acceptors (Lipinski definition) is 6. The molecule has 1 aliphatic rings. The summed E-state index contributed by atoms with van der Waals surface area (Å²) in [6, 6.07) is 20.4. The Bertz CT molecular complexity index is 1410. The number of amides is 1. The number of fused-ring (bicyclic) bond motifs is 1. The van der Waals surface area contributed by atoms with Crippen LogP contribution in [0.25, 0.3) is 0 Å². The van der Waals surface area contributed by atoms with E-state index in [-0.39, 0.29) is 18.3 Å². The van der Waals surface area contributed by atoms with E-state index in [2.05, 4.69) is 20.7 Å². The van der Waals surface area contributed by atoms with Crippen LogP contribution in [0, 0.1) is 5.82 Å². The molecule has 0 spiro atoms. The molecule has 1 aromatic heterocycles. The van der Waals surface area contributed by atoms with Crippen LogP contribution in [0.15, 0.2) is 90.4 Å². The average Bonchev–Trinajstić information content (AvgIpc) is 3.36. The third-order valence-corrected chi connectivity index (χ3v) is 5.93. The summed E-state index contributed by atoms with van der Waals surface area (Å²) in [6.07, 6.45) is 1.44. The molecule has 1 amide bonds. The number of carbonyl (C=O) groups excluding carboxylic acids is 1. The molecule has 0 saturated heterocycles. The SMILES string of the molecule is COc1ccc(NC(=O)C2=C(C)Nc3ncnn3[C@@H]2c2ccc(OCc3ccccc3F)cc2)cc1. The molecule has 36 heavy (non-hydrogen) atoms. The van der Waals surface area contributed by atoms with Gasteiger partial charge >= 0.3 is 0 Å². The normalized spacial score (nSPS) is 14.6. The minimum atomic E-state index is -0.511. The second-order valence-electron chi connectivity index (χ2n) is 8.23. The highest BCUT2D eigenvalue weighted by atomic mass is 19.1. The Kier molecular flexibility index (Phi) is 6.36. The number of hydrogen-bond donors (Lipinski definition) is 2. The Morgan fingerprint density at radius 1 is 1.06 bits per heavy atom. The highest BCUT2D eigenvalue weighted by Gasteiger charge is 2.33. The second-order valence-corrected chi connectivity index (χ2v) is 8.23. The largest absolute Gasteiger partial charge is 0.497 e. The lowest BCUT2D eigenvalue weighted by Crippen LogP contribution is -2.31. The number of ether oxygens (including phenoxy) is 2. The predicted molar refractivity (Wildman–Crippen MR) is 133 cm³/mol. The molecule has 0 unspecified atom stereocenters. The van der Waals surface area contributed by atoms with Gasteiger partial charge in [0.2, 0.25) is 5.95 Å². The molecule has 0 bridgehead atoms. The third kappa shape index (κ3) is 4.63. The fourth-order valence-electron chi connectivity index (χ4n) is 4.09. The summed E-state index contributed by atoms with van der Waals surface area (Å²) in [4.78, 5) is 17.7. The minimum absolute atomic E-state index is 0.112. The Morgan fingerprint density at radius 3 is 2.50 bits per heavy atom. The van der Waals surface area contributed by atoms with Crippen LogP contribution in [0.5, 0.6) is 11.5 Å². The monoisotopic (exact) mass is 485 g/mol. The zero-order valence-electron chi connectivity index (χ0n) is 19.7. The van der Waals surface area contributed by atoms with Gasteiger partial charge in [-0.3, -0.25) is 4.79 Å². The Morgan fingerprint density at radius 2 is 1.78 bits per heavy atom. The Balaban J connectivity index is 1.40. The van der Waals surface area contributed by atoms with Gasteiger partial charge in [0.05, 0.1) is 12.7 Å². The van der Waals surface area contributed by atoms with Crippen molar-refractivity contribution >= 4 is 17.5 Å². The first-order valence-corrected chi connectivity index (χ1v) is 11.3. The van der Waals surface area contributed by atoms with Crippen molar-refractivity contribution in [2.24, 2.45) is 0 Å². The van der Waals surface area contributed by atoms with Gasteiger partial charge in [-0.05, 0) is 55.0 Å². The summed E-state index contributed by atoms with van der Waals surface area (Å²) in [6.45, 7) is 1.95. The predicted octanol–water partition coefficient (Wildman–Crippen LogP) is 4.93. The molecule has 1 aliphatic heterocycles. The van der Waals surface area contributed by atoms with Crippen LogP contribution >= 0.6 is 0 Å². The number of nitrogens with one attached hydrogen (secondary N) is 2. The van der Waals surface area contributed by atoms with Gasteiger partial charge in [-0.25, -0.2) is 9.07 Å². The Labute approximate surface area is 207 Å². The topological polar surface area (TPSA) is 90.3 Å². The number of halogens is 1. The van der Waals surface area contributed by atoms with E-state index >= 15 is 0 Å².